The average Bonchev–Trinajstić information content (AvgIpc) is 3.23. The highest BCUT2D eigenvalue weighted by Crippen LogP contribution is 2.42. The van der Waals surface area contributed by atoms with Gasteiger partial charge in [0.1, 0.15) is 12.5 Å². The van der Waals surface area contributed by atoms with Crippen LogP contribution in [0.3, 0.4) is 0 Å². The first-order valence-electron chi connectivity index (χ1n) is 10.7. The third kappa shape index (κ3) is 5.17. The fourth-order valence-corrected chi connectivity index (χ4v) is 5.17. The molecule has 36 heavy (non-hydrogen) atoms. The molecule has 14 heteroatoms. The molecule has 4 rings (SSSR count). The van der Waals surface area contributed by atoms with Crippen LogP contribution in [0.5, 0.6) is 0 Å². The number of aliphatic imine (C=N–C) groups is 2. The van der Waals surface area contributed by atoms with E-state index in [1.807, 2.05) is 0 Å². The molecule has 0 bridgehead atoms. The van der Waals surface area contributed by atoms with Crippen LogP contribution < -0.4 is 10.2 Å². The Morgan fingerprint density at radius 1 is 1.17 bits per heavy atom. The quantitative estimate of drug-likeness (QED) is 0.541. The Hall–Kier alpha value is -3.18. The third-order valence-corrected chi connectivity index (χ3v) is 7.14. The van der Waals surface area contributed by atoms with E-state index < -0.39 is 40.9 Å². The van der Waals surface area contributed by atoms with Gasteiger partial charge in [0.2, 0.25) is 0 Å². The van der Waals surface area contributed by atoms with Crippen molar-refractivity contribution < 1.29 is 31.4 Å². The molecule has 2 aromatic rings. The molecular formula is C22H20F6N6OS. The molecule has 0 aliphatic carbocycles. The molecule has 7 nitrogen and oxygen atoms in total. The summed E-state index contributed by atoms with van der Waals surface area (Å²) in [6, 6.07) is 5.04. The van der Waals surface area contributed by atoms with Gasteiger partial charge in [-0.05, 0) is 38.5 Å². The minimum absolute atomic E-state index is 0.0628. The maximum absolute atomic E-state index is 13.5. The van der Waals surface area contributed by atoms with E-state index in [1.54, 1.807) is 11.0 Å². The second kappa shape index (κ2) is 9.04. The lowest BCUT2D eigenvalue weighted by Gasteiger charge is -2.38. The van der Waals surface area contributed by atoms with Crippen LogP contribution >= 0.6 is 11.3 Å². The van der Waals surface area contributed by atoms with E-state index in [4.69, 9.17) is 5.26 Å². The summed E-state index contributed by atoms with van der Waals surface area (Å²) in [4.78, 5) is 13.5. The van der Waals surface area contributed by atoms with E-state index in [-0.39, 0.29) is 28.2 Å². The smallest absolute Gasteiger partial charge is 0.385 e. The molecule has 1 saturated heterocycles. The summed E-state index contributed by atoms with van der Waals surface area (Å²) in [7, 11) is 0. The summed E-state index contributed by atoms with van der Waals surface area (Å²) in [6.07, 6.45) is -8.47. The van der Waals surface area contributed by atoms with Crippen molar-refractivity contribution in [2.45, 2.75) is 44.4 Å². The lowest BCUT2D eigenvalue weighted by Crippen LogP contribution is -2.48. The molecule has 0 amide bonds. The molecule has 1 fully saturated rings. The van der Waals surface area contributed by atoms with Crippen LogP contribution in [0, 0.1) is 17.2 Å². The van der Waals surface area contributed by atoms with Gasteiger partial charge in [-0.2, -0.15) is 31.6 Å². The van der Waals surface area contributed by atoms with Crippen LogP contribution in [0.15, 0.2) is 28.2 Å². The Balaban J connectivity index is 1.54. The Kier molecular flexibility index (Phi) is 6.50. The fraction of sp³-hybridized carbons (Fsp3) is 0.455. The van der Waals surface area contributed by atoms with Crippen molar-refractivity contribution in [1.82, 2.24) is 4.98 Å². The van der Waals surface area contributed by atoms with Crippen molar-refractivity contribution in [2.75, 3.05) is 23.3 Å². The molecule has 2 atom stereocenters. The first-order chi connectivity index (χ1) is 16.7. The van der Waals surface area contributed by atoms with Gasteiger partial charge in [-0.25, -0.2) is 15.0 Å². The molecule has 2 aliphatic heterocycles. The number of nitrogens with one attached hydrogen (secondary N) is 1. The maximum Gasteiger partial charge on any atom is 0.434 e. The van der Waals surface area contributed by atoms with Crippen LogP contribution in [-0.4, -0.2) is 41.4 Å². The van der Waals surface area contributed by atoms with Crippen LogP contribution in [0.1, 0.15) is 42.0 Å². The van der Waals surface area contributed by atoms with Crippen molar-refractivity contribution >= 4 is 34.2 Å². The molecule has 1 aromatic carbocycles. The number of halogens is 6. The lowest BCUT2D eigenvalue weighted by atomic mass is 9.90. The van der Waals surface area contributed by atoms with Crippen molar-refractivity contribution in [2.24, 2.45) is 15.9 Å². The van der Waals surface area contributed by atoms with Crippen molar-refractivity contribution in [3.05, 3.63) is 39.9 Å². The number of alkyl halides is 6. The molecule has 0 spiro atoms. The first kappa shape index (κ1) is 25.9. The highest BCUT2D eigenvalue weighted by atomic mass is 32.1. The molecule has 3 heterocycles. The van der Waals surface area contributed by atoms with Gasteiger partial charge in [-0.1, -0.05) is 11.3 Å². The zero-order valence-electron chi connectivity index (χ0n) is 18.9. The summed E-state index contributed by atoms with van der Waals surface area (Å²) in [6.45, 7) is 3.00. The largest absolute Gasteiger partial charge is 0.434 e. The standard InChI is InChI=1S/C22H20F6N6OS/c1-20(2,35)17-16(22(26,27)28)32-19(36-17)33-18-13-5-6-34(9-15(13)30-10-31-18)12-4-3-11(8-29)14(7-12)21(23,24)25/h3-4,7,10,13,18,35H,5-6,9H2,1-2H3,(H,32,33). The van der Waals surface area contributed by atoms with Gasteiger partial charge in [0.15, 0.2) is 10.8 Å². The van der Waals surface area contributed by atoms with Crippen molar-refractivity contribution in [1.29, 1.82) is 5.26 Å². The Labute approximate surface area is 205 Å². The van der Waals surface area contributed by atoms with Crippen LogP contribution in [0.4, 0.5) is 37.2 Å². The minimum Gasteiger partial charge on any atom is -0.385 e. The summed E-state index contributed by atoms with van der Waals surface area (Å²) in [5.41, 5.74) is -3.55. The van der Waals surface area contributed by atoms with Gasteiger partial charge in [-0.15, -0.1) is 0 Å². The van der Waals surface area contributed by atoms with Gasteiger partial charge in [0.25, 0.3) is 0 Å². The fourth-order valence-electron chi connectivity index (χ4n) is 4.15. The van der Waals surface area contributed by atoms with E-state index in [2.05, 4.69) is 20.3 Å². The summed E-state index contributed by atoms with van der Waals surface area (Å²) in [5.74, 6) is -0.324. The zero-order chi connectivity index (χ0) is 26.5. The van der Waals surface area contributed by atoms with E-state index >= 15 is 0 Å². The molecular weight excluding hydrogens is 510 g/mol. The number of aromatic nitrogens is 1. The van der Waals surface area contributed by atoms with Crippen LogP contribution in [0.25, 0.3) is 0 Å². The molecule has 1 aromatic heterocycles. The Morgan fingerprint density at radius 3 is 2.47 bits per heavy atom. The third-order valence-electron chi connectivity index (χ3n) is 5.84. The number of aliphatic hydroxyl groups is 1. The highest BCUT2D eigenvalue weighted by Gasteiger charge is 2.42. The second-order valence-corrected chi connectivity index (χ2v) is 9.88. The van der Waals surface area contributed by atoms with E-state index in [9.17, 15) is 31.4 Å². The average molecular weight is 530 g/mol. The van der Waals surface area contributed by atoms with Gasteiger partial charge < -0.3 is 15.3 Å². The van der Waals surface area contributed by atoms with Gasteiger partial charge >= 0.3 is 12.4 Å². The summed E-state index contributed by atoms with van der Waals surface area (Å²) >= 11 is 0.682. The summed E-state index contributed by atoms with van der Waals surface area (Å²) < 4.78 is 80.5. The zero-order valence-corrected chi connectivity index (χ0v) is 19.8. The summed E-state index contributed by atoms with van der Waals surface area (Å²) in [5, 5.41) is 22.0. The topological polar surface area (TPSA) is 96.9 Å². The first-order valence-corrected chi connectivity index (χ1v) is 11.5. The van der Waals surface area contributed by atoms with E-state index in [1.165, 1.54) is 26.3 Å². The Morgan fingerprint density at radius 2 is 1.89 bits per heavy atom. The van der Waals surface area contributed by atoms with E-state index in [0.717, 1.165) is 12.1 Å². The minimum atomic E-state index is -4.75. The van der Waals surface area contributed by atoms with Gasteiger partial charge in [-0.3, -0.25) is 0 Å². The molecule has 0 radical (unpaired) electrons. The number of nitrogens with zero attached hydrogens (tertiary/aromatic N) is 5. The molecule has 192 valence electrons. The normalized spacial score (nSPS) is 20.6. The number of fused-ring (bicyclic) bond motifs is 1. The number of benzene rings is 1. The number of thiazole rings is 1. The van der Waals surface area contributed by atoms with Gasteiger partial charge in [0.05, 0.1) is 34.2 Å². The van der Waals surface area contributed by atoms with Crippen molar-refractivity contribution in [3.8, 4) is 6.07 Å². The second-order valence-electron chi connectivity index (χ2n) is 8.88. The molecule has 2 aliphatic rings. The van der Waals surface area contributed by atoms with E-state index in [0.29, 0.717) is 30.0 Å². The van der Waals surface area contributed by atoms with Crippen LogP contribution in [-0.2, 0) is 18.0 Å². The monoisotopic (exact) mass is 530 g/mol. The number of hydrogen-bond acceptors (Lipinski definition) is 8. The predicted octanol–water partition coefficient (Wildman–Crippen LogP) is 5.03. The van der Waals surface area contributed by atoms with Crippen LogP contribution in [0.2, 0.25) is 0 Å². The lowest BCUT2D eigenvalue weighted by molar-refractivity contribution is -0.143. The van der Waals surface area contributed by atoms with Gasteiger partial charge in [0, 0.05) is 23.9 Å². The predicted molar refractivity (Wildman–Crippen MR) is 122 cm³/mol. The number of nitriles is 1. The SMILES string of the molecule is CC(C)(O)c1sc(NC2N=CN=C3CN(c4ccc(C#N)c(C(F)(F)F)c4)CCC32)nc1C(F)(F)F. The maximum atomic E-state index is 13.5. The molecule has 2 unspecified atom stereocenters. The number of piperidine rings is 1. The number of anilines is 2. The number of rotatable bonds is 4. The Bertz CT molecular complexity index is 1220. The van der Waals surface area contributed by atoms with Crippen molar-refractivity contribution in [3.63, 3.8) is 0 Å². The molecule has 2 N–H and O–H groups in total. The highest BCUT2D eigenvalue weighted by molar-refractivity contribution is 7.15. The molecule has 0 saturated carbocycles. The number of hydrogen-bond donors (Lipinski definition) is 2.